The van der Waals surface area contributed by atoms with Crippen LogP contribution in [0.2, 0.25) is 0 Å². The van der Waals surface area contributed by atoms with E-state index in [2.05, 4.69) is 20.8 Å². The van der Waals surface area contributed by atoms with Crippen LogP contribution in [0, 0.1) is 5.92 Å². The van der Waals surface area contributed by atoms with Crippen molar-refractivity contribution in [2.75, 3.05) is 13.2 Å². The molecule has 2 atom stereocenters. The normalized spacial score (nSPS) is 30.0. The van der Waals surface area contributed by atoms with Crippen molar-refractivity contribution in [3.05, 3.63) is 0 Å². The first kappa shape index (κ1) is 10.0. The Morgan fingerprint density at radius 2 is 2.25 bits per heavy atom. The summed E-state index contributed by atoms with van der Waals surface area (Å²) in [4.78, 5) is 0. The Morgan fingerprint density at radius 1 is 1.50 bits per heavy atom. The molecule has 1 saturated heterocycles. The summed E-state index contributed by atoms with van der Waals surface area (Å²) in [6.07, 6.45) is 3.10. The van der Waals surface area contributed by atoms with Gasteiger partial charge in [-0.2, -0.15) is 0 Å². The number of rotatable bonds is 4. The van der Waals surface area contributed by atoms with E-state index in [0.717, 1.165) is 19.1 Å². The van der Waals surface area contributed by atoms with Gasteiger partial charge < -0.3 is 9.47 Å². The summed E-state index contributed by atoms with van der Waals surface area (Å²) in [5.41, 5.74) is 0. The fourth-order valence-corrected chi connectivity index (χ4v) is 1.48. The maximum Gasteiger partial charge on any atom is 0.0812 e. The maximum absolute atomic E-state index is 5.58. The minimum atomic E-state index is 0.328. The molecule has 72 valence electrons. The third-order valence-electron chi connectivity index (χ3n) is 2.36. The van der Waals surface area contributed by atoms with Crippen molar-refractivity contribution in [1.82, 2.24) is 0 Å². The maximum atomic E-state index is 5.58. The zero-order valence-electron chi connectivity index (χ0n) is 8.38. The van der Waals surface area contributed by atoms with E-state index >= 15 is 0 Å². The van der Waals surface area contributed by atoms with Gasteiger partial charge >= 0.3 is 0 Å². The molecule has 0 spiro atoms. The monoisotopic (exact) mass is 172 g/mol. The summed E-state index contributed by atoms with van der Waals surface area (Å²) < 4.78 is 11.1. The molecule has 0 unspecified atom stereocenters. The average molecular weight is 172 g/mol. The third kappa shape index (κ3) is 3.11. The van der Waals surface area contributed by atoms with Gasteiger partial charge in [0.05, 0.1) is 18.8 Å². The van der Waals surface area contributed by atoms with Crippen molar-refractivity contribution in [3.63, 3.8) is 0 Å². The first-order valence-electron chi connectivity index (χ1n) is 4.95. The van der Waals surface area contributed by atoms with Gasteiger partial charge in [-0.3, -0.25) is 0 Å². The highest BCUT2D eigenvalue weighted by Crippen LogP contribution is 2.22. The first-order valence-corrected chi connectivity index (χ1v) is 4.95. The van der Waals surface area contributed by atoms with E-state index in [1.54, 1.807) is 0 Å². The van der Waals surface area contributed by atoms with Crippen LogP contribution in [-0.4, -0.2) is 25.4 Å². The molecule has 12 heavy (non-hydrogen) atoms. The van der Waals surface area contributed by atoms with Crippen LogP contribution >= 0.6 is 0 Å². The van der Waals surface area contributed by atoms with Gasteiger partial charge in [0.1, 0.15) is 0 Å². The molecule has 0 aliphatic carbocycles. The topological polar surface area (TPSA) is 18.5 Å². The molecule has 0 amide bonds. The van der Waals surface area contributed by atoms with Gasteiger partial charge in [0.2, 0.25) is 0 Å². The molecule has 0 radical (unpaired) electrons. The largest absolute Gasteiger partial charge is 0.376 e. The predicted molar refractivity (Wildman–Crippen MR) is 49.2 cm³/mol. The molecule has 0 aromatic rings. The molecule has 0 N–H and O–H groups in total. The Bertz CT molecular complexity index is 123. The molecule has 1 aliphatic rings. The lowest BCUT2D eigenvalue weighted by Gasteiger charge is -2.12. The summed E-state index contributed by atoms with van der Waals surface area (Å²) >= 11 is 0. The number of ether oxygens (including phenoxy) is 2. The molecule has 1 heterocycles. The first-order chi connectivity index (χ1) is 5.72. The molecule has 0 saturated carbocycles. The highest BCUT2D eigenvalue weighted by Gasteiger charge is 2.24. The molecular formula is C10H20O2. The zero-order chi connectivity index (χ0) is 8.97. The number of hydrogen-bond donors (Lipinski definition) is 0. The molecule has 0 bridgehead atoms. The van der Waals surface area contributed by atoms with Gasteiger partial charge in [0.15, 0.2) is 0 Å². The second-order valence-corrected chi connectivity index (χ2v) is 3.85. The summed E-state index contributed by atoms with van der Waals surface area (Å²) in [7, 11) is 0. The van der Waals surface area contributed by atoms with Crippen molar-refractivity contribution in [1.29, 1.82) is 0 Å². The predicted octanol–water partition coefficient (Wildman–Crippen LogP) is 2.23. The quantitative estimate of drug-likeness (QED) is 0.647. The molecule has 0 aromatic heterocycles. The Balaban J connectivity index is 2.11. The van der Waals surface area contributed by atoms with Crippen LogP contribution in [0.4, 0.5) is 0 Å². The minimum absolute atomic E-state index is 0.328. The van der Waals surface area contributed by atoms with Gasteiger partial charge in [0, 0.05) is 6.61 Å². The van der Waals surface area contributed by atoms with Crippen LogP contribution in [0.3, 0.4) is 0 Å². The molecule has 2 heteroatoms. The Labute approximate surface area is 75.2 Å². The summed E-state index contributed by atoms with van der Waals surface area (Å²) in [6, 6.07) is 0. The molecule has 1 fully saturated rings. The van der Waals surface area contributed by atoms with Crippen molar-refractivity contribution in [2.24, 2.45) is 5.92 Å². The van der Waals surface area contributed by atoms with E-state index in [0.29, 0.717) is 12.2 Å². The van der Waals surface area contributed by atoms with Crippen molar-refractivity contribution in [2.45, 2.75) is 45.8 Å². The lowest BCUT2D eigenvalue weighted by Crippen LogP contribution is -2.17. The molecule has 2 nitrogen and oxygen atoms in total. The molecule has 1 rings (SSSR count). The average Bonchev–Trinajstić information content (AvgIpc) is 2.48. The second-order valence-electron chi connectivity index (χ2n) is 3.85. The second kappa shape index (κ2) is 4.83. The highest BCUT2D eigenvalue weighted by molar-refractivity contribution is 4.72. The molecule has 0 aromatic carbocycles. The van der Waals surface area contributed by atoms with Crippen molar-refractivity contribution >= 4 is 0 Å². The SMILES string of the molecule is CC[C@@H]1CO[C@H](COC(C)C)C1. The number of hydrogen-bond acceptors (Lipinski definition) is 2. The van der Waals surface area contributed by atoms with Gasteiger partial charge in [-0.25, -0.2) is 0 Å². The highest BCUT2D eigenvalue weighted by atomic mass is 16.5. The summed E-state index contributed by atoms with van der Waals surface area (Å²) in [5.74, 6) is 0.769. The Hall–Kier alpha value is -0.0800. The van der Waals surface area contributed by atoms with Gasteiger partial charge in [-0.1, -0.05) is 13.3 Å². The van der Waals surface area contributed by atoms with Gasteiger partial charge in [0.25, 0.3) is 0 Å². The van der Waals surface area contributed by atoms with Crippen LogP contribution in [0.5, 0.6) is 0 Å². The van der Waals surface area contributed by atoms with Gasteiger partial charge in [-0.15, -0.1) is 0 Å². The van der Waals surface area contributed by atoms with Crippen molar-refractivity contribution < 1.29 is 9.47 Å². The van der Waals surface area contributed by atoms with Crippen LogP contribution in [0.25, 0.3) is 0 Å². The van der Waals surface area contributed by atoms with E-state index in [4.69, 9.17) is 9.47 Å². The van der Waals surface area contributed by atoms with E-state index in [9.17, 15) is 0 Å². The van der Waals surface area contributed by atoms with Crippen LogP contribution < -0.4 is 0 Å². The van der Waals surface area contributed by atoms with Crippen LogP contribution in [0.15, 0.2) is 0 Å². The van der Waals surface area contributed by atoms with E-state index < -0.39 is 0 Å². The lowest BCUT2D eigenvalue weighted by atomic mass is 10.0. The standard InChI is InChI=1S/C10H20O2/c1-4-9-5-10(12-6-9)7-11-8(2)3/h8-10H,4-7H2,1-3H3/t9-,10-/m0/s1. The Kier molecular flexibility index (Phi) is 4.02. The van der Waals surface area contributed by atoms with Crippen LogP contribution in [-0.2, 0) is 9.47 Å². The van der Waals surface area contributed by atoms with E-state index in [-0.39, 0.29) is 0 Å². The fourth-order valence-electron chi connectivity index (χ4n) is 1.48. The lowest BCUT2D eigenvalue weighted by molar-refractivity contribution is -0.00800. The zero-order valence-corrected chi connectivity index (χ0v) is 8.38. The third-order valence-corrected chi connectivity index (χ3v) is 2.36. The smallest absolute Gasteiger partial charge is 0.0812 e. The molecular weight excluding hydrogens is 152 g/mol. The van der Waals surface area contributed by atoms with Crippen LogP contribution in [0.1, 0.15) is 33.6 Å². The van der Waals surface area contributed by atoms with Gasteiger partial charge in [-0.05, 0) is 26.2 Å². The summed E-state index contributed by atoms with van der Waals surface area (Å²) in [6.45, 7) is 8.05. The molecule has 1 aliphatic heterocycles. The van der Waals surface area contributed by atoms with E-state index in [1.165, 1.54) is 12.8 Å². The van der Waals surface area contributed by atoms with Crippen molar-refractivity contribution in [3.8, 4) is 0 Å². The van der Waals surface area contributed by atoms with E-state index in [1.807, 2.05) is 0 Å². The fraction of sp³-hybridized carbons (Fsp3) is 1.00. The Morgan fingerprint density at radius 3 is 2.75 bits per heavy atom. The minimum Gasteiger partial charge on any atom is -0.376 e. The summed E-state index contributed by atoms with van der Waals surface area (Å²) in [5, 5.41) is 0.